The van der Waals surface area contributed by atoms with Crippen LogP contribution in [0, 0.1) is 0 Å². The number of carbonyl (C=O) groups excluding carboxylic acids is 1. The Hall–Kier alpha value is -2.22. The normalized spacial score (nSPS) is 16.1. The van der Waals surface area contributed by atoms with E-state index in [2.05, 4.69) is 19.9 Å². The SMILES string of the molecule is O=C1c2ncncc2S(=O)(=O)c2cncnc21. The second-order valence-electron chi connectivity index (χ2n) is 3.30. The Morgan fingerprint density at radius 1 is 0.882 bits per heavy atom. The maximum atomic E-state index is 12.1. The maximum Gasteiger partial charge on any atom is 0.232 e. The molecule has 0 radical (unpaired) electrons. The topological polar surface area (TPSA) is 103 Å². The predicted octanol–water partition coefficient (Wildman–Crippen LogP) is -0.356. The van der Waals surface area contributed by atoms with Gasteiger partial charge < -0.3 is 0 Å². The molecule has 3 heterocycles. The predicted molar refractivity (Wildman–Crippen MR) is 52.9 cm³/mol. The molecule has 0 aromatic carbocycles. The molecule has 3 rings (SSSR count). The maximum absolute atomic E-state index is 12.1. The molecule has 0 spiro atoms. The molecule has 1 aliphatic rings. The van der Waals surface area contributed by atoms with Gasteiger partial charge in [-0.2, -0.15) is 0 Å². The number of nitrogens with zero attached hydrogens (tertiary/aromatic N) is 4. The fourth-order valence-electron chi connectivity index (χ4n) is 1.60. The highest BCUT2D eigenvalue weighted by Gasteiger charge is 2.37. The highest BCUT2D eigenvalue weighted by Crippen LogP contribution is 2.30. The van der Waals surface area contributed by atoms with E-state index < -0.39 is 15.6 Å². The first-order valence-corrected chi connectivity index (χ1v) is 6.00. The molecule has 0 saturated heterocycles. The lowest BCUT2D eigenvalue weighted by molar-refractivity contribution is 0.102. The molecule has 0 aliphatic carbocycles. The van der Waals surface area contributed by atoms with Gasteiger partial charge in [0.15, 0.2) is 0 Å². The van der Waals surface area contributed by atoms with Crippen LogP contribution >= 0.6 is 0 Å². The minimum absolute atomic E-state index is 0.147. The van der Waals surface area contributed by atoms with Crippen molar-refractivity contribution in [2.45, 2.75) is 9.79 Å². The van der Waals surface area contributed by atoms with Gasteiger partial charge in [-0.25, -0.2) is 28.4 Å². The van der Waals surface area contributed by atoms with Crippen LogP contribution in [0.1, 0.15) is 16.2 Å². The molecule has 2 aromatic rings. The van der Waals surface area contributed by atoms with Crippen LogP contribution in [0.3, 0.4) is 0 Å². The Balaban J connectivity index is 2.47. The van der Waals surface area contributed by atoms with Crippen molar-refractivity contribution in [1.82, 2.24) is 19.9 Å². The van der Waals surface area contributed by atoms with Crippen LogP contribution in [-0.4, -0.2) is 34.1 Å². The van der Waals surface area contributed by atoms with E-state index in [1.807, 2.05) is 0 Å². The minimum Gasteiger partial charge on any atom is -0.285 e. The molecular weight excluding hydrogens is 244 g/mol. The van der Waals surface area contributed by atoms with Gasteiger partial charge in [-0.05, 0) is 0 Å². The van der Waals surface area contributed by atoms with E-state index in [0.29, 0.717) is 0 Å². The van der Waals surface area contributed by atoms with Gasteiger partial charge in [0.25, 0.3) is 0 Å². The average Bonchev–Trinajstić information content (AvgIpc) is 2.37. The molecule has 7 nitrogen and oxygen atoms in total. The van der Waals surface area contributed by atoms with Gasteiger partial charge in [-0.3, -0.25) is 4.79 Å². The van der Waals surface area contributed by atoms with Gasteiger partial charge >= 0.3 is 0 Å². The zero-order chi connectivity index (χ0) is 12.0. The summed E-state index contributed by atoms with van der Waals surface area (Å²) in [6.45, 7) is 0. The Morgan fingerprint density at radius 3 is 1.82 bits per heavy atom. The van der Waals surface area contributed by atoms with Gasteiger partial charge in [-0.1, -0.05) is 0 Å². The zero-order valence-corrected chi connectivity index (χ0v) is 9.05. The minimum atomic E-state index is -3.81. The summed E-state index contributed by atoms with van der Waals surface area (Å²) in [5.74, 6) is -0.533. The molecule has 1 aliphatic heterocycles. The lowest BCUT2D eigenvalue weighted by Crippen LogP contribution is -2.23. The lowest BCUT2D eigenvalue weighted by Gasteiger charge is -2.14. The smallest absolute Gasteiger partial charge is 0.232 e. The number of fused-ring (bicyclic) bond motifs is 2. The fourth-order valence-corrected chi connectivity index (χ4v) is 3.03. The van der Waals surface area contributed by atoms with E-state index in [0.717, 1.165) is 25.0 Å². The first-order chi connectivity index (χ1) is 8.12. The number of rotatable bonds is 0. The van der Waals surface area contributed by atoms with E-state index in [9.17, 15) is 13.2 Å². The molecule has 8 heteroatoms. The van der Waals surface area contributed by atoms with Crippen molar-refractivity contribution in [1.29, 1.82) is 0 Å². The third-order valence-electron chi connectivity index (χ3n) is 2.37. The fraction of sp³-hybridized carbons (Fsp3) is 0. The summed E-state index contributed by atoms with van der Waals surface area (Å²) in [5, 5.41) is 0. The number of hydrogen-bond donors (Lipinski definition) is 0. The molecular formula is C9H4N4O3S. The molecule has 0 N–H and O–H groups in total. The summed E-state index contributed by atoms with van der Waals surface area (Å²) in [5.41, 5.74) is -0.294. The van der Waals surface area contributed by atoms with Gasteiger partial charge in [0.2, 0.25) is 15.6 Å². The highest BCUT2D eigenvalue weighted by molar-refractivity contribution is 7.91. The van der Waals surface area contributed by atoms with Crippen molar-refractivity contribution in [2.75, 3.05) is 0 Å². The quantitative estimate of drug-likeness (QED) is 0.535. The summed E-state index contributed by atoms with van der Waals surface area (Å²) in [4.78, 5) is 26.2. The van der Waals surface area contributed by atoms with E-state index in [-0.39, 0.29) is 21.2 Å². The molecule has 17 heavy (non-hydrogen) atoms. The molecule has 0 saturated carbocycles. The van der Waals surface area contributed by atoms with Crippen LogP contribution in [0.5, 0.6) is 0 Å². The first kappa shape index (κ1) is 9.97. The summed E-state index contributed by atoms with van der Waals surface area (Å²) < 4.78 is 24.3. The summed E-state index contributed by atoms with van der Waals surface area (Å²) in [6.07, 6.45) is 4.45. The van der Waals surface area contributed by atoms with Crippen molar-refractivity contribution >= 4 is 15.6 Å². The van der Waals surface area contributed by atoms with E-state index in [4.69, 9.17) is 0 Å². The first-order valence-electron chi connectivity index (χ1n) is 4.52. The van der Waals surface area contributed by atoms with E-state index in [1.165, 1.54) is 0 Å². The van der Waals surface area contributed by atoms with Crippen molar-refractivity contribution in [3.63, 3.8) is 0 Å². The van der Waals surface area contributed by atoms with Crippen molar-refractivity contribution in [3.8, 4) is 0 Å². The zero-order valence-electron chi connectivity index (χ0n) is 8.23. The second kappa shape index (κ2) is 3.14. The Bertz CT molecular complexity index is 686. The van der Waals surface area contributed by atoms with Crippen molar-refractivity contribution in [3.05, 3.63) is 36.4 Å². The van der Waals surface area contributed by atoms with E-state index in [1.54, 1.807) is 0 Å². The highest BCUT2D eigenvalue weighted by atomic mass is 32.2. The molecule has 84 valence electrons. The van der Waals surface area contributed by atoms with Crippen LogP contribution in [-0.2, 0) is 9.84 Å². The van der Waals surface area contributed by atoms with Crippen LogP contribution < -0.4 is 0 Å². The molecule has 0 fully saturated rings. The summed E-state index contributed by atoms with van der Waals surface area (Å²) in [7, 11) is -3.81. The van der Waals surface area contributed by atoms with Crippen LogP contribution in [0.15, 0.2) is 34.8 Å². The number of carbonyl (C=O) groups is 1. The number of ketones is 1. The number of sulfone groups is 1. The van der Waals surface area contributed by atoms with Crippen LogP contribution in [0.4, 0.5) is 0 Å². The van der Waals surface area contributed by atoms with E-state index >= 15 is 0 Å². The number of aromatic nitrogens is 4. The molecule has 0 bridgehead atoms. The van der Waals surface area contributed by atoms with Crippen LogP contribution in [0.25, 0.3) is 0 Å². The second-order valence-corrected chi connectivity index (χ2v) is 5.19. The average molecular weight is 248 g/mol. The van der Waals surface area contributed by atoms with Gasteiger partial charge in [0, 0.05) is 0 Å². The Kier molecular flexibility index (Phi) is 1.84. The molecule has 2 aromatic heterocycles. The summed E-state index contributed by atoms with van der Waals surface area (Å²) in [6, 6.07) is 0. The number of hydrogen-bond acceptors (Lipinski definition) is 7. The standard InChI is InChI=1S/C9H4N4O3S/c14-9-7-5(1-10-3-12-7)17(15,16)6-2-11-4-13-8(6)9/h1-4H. The third-order valence-corrected chi connectivity index (χ3v) is 4.12. The monoisotopic (exact) mass is 248 g/mol. The van der Waals surface area contributed by atoms with Crippen molar-refractivity contribution < 1.29 is 13.2 Å². The largest absolute Gasteiger partial charge is 0.285 e. The molecule has 0 atom stereocenters. The Labute approximate surface area is 95.5 Å². The third kappa shape index (κ3) is 1.21. The van der Waals surface area contributed by atoms with Gasteiger partial charge in [0.05, 0.1) is 12.4 Å². The molecule has 0 amide bonds. The van der Waals surface area contributed by atoms with Crippen LogP contribution in [0.2, 0.25) is 0 Å². The Morgan fingerprint density at radius 2 is 1.35 bits per heavy atom. The van der Waals surface area contributed by atoms with Crippen molar-refractivity contribution in [2.24, 2.45) is 0 Å². The van der Waals surface area contributed by atoms with Gasteiger partial charge in [0.1, 0.15) is 33.8 Å². The van der Waals surface area contributed by atoms with Gasteiger partial charge in [-0.15, -0.1) is 0 Å². The lowest BCUT2D eigenvalue weighted by atomic mass is 10.2. The summed E-state index contributed by atoms with van der Waals surface area (Å²) >= 11 is 0. The molecule has 0 unspecified atom stereocenters.